The summed E-state index contributed by atoms with van der Waals surface area (Å²) in [5.74, 6) is 0.0121. The summed E-state index contributed by atoms with van der Waals surface area (Å²) in [6, 6.07) is 8.97. The maximum absolute atomic E-state index is 13.8. The molecule has 0 aliphatic heterocycles. The first-order chi connectivity index (χ1) is 12.4. The van der Waals surface area contributed by atoms with E-state index in [1.165, 1.54) is 0 Å². The molecule has 0 N–H and O–H groups in total. The third-order valence-electron chi connectivity index (χ3n) is 7.11. The highest BCUT2D eigenvalue weighted by molar-refractivity contribution is 7.92. The second-order valence-corrected chi connectivity index (χ2v) is 17.0. The minimum absolute atomic E-state index is 0.0115. The average molecular weight is 407 g/mol. The molecule has 0 spiro atoms. The van der Waals surface area contributed by atoms with Crippen molar-refractivity contribution >= 4 is 18.2 Å². The molecule has 150 valence electrons. The molecule has 3 rings (SSSR count). The topological polar surface area (TPSA) is 43.4 Å². The zero-order valence-electron chi connectivity index (χ0n) is 17.4. The minimum Gasteiger partial charge on any atom is -0.414 e. The van der Waals surface area contributed by atoms with Crippen LogP contribution in [0.4, 0.5) is 0 Å². The van der Waals surface area contributed by atoms with Crippen molar-refractivity contribution in [3.63, 3.8) is 0 Å². The van der Waals surface area contributed by atoms with Gasteiger partial charge in [-0.2, -0.15) is 0 Å². The Morgan fingerprint density at radius 2 is 1.81 bits per heavy atom. The maximum Gasteiger partial charge on any atom is 0.192 e. The molecule has 0 heterocycles. The Morgan fingerprint density at radius 1 is 1.19 bits per heavy atom. The van der Waals surface area contributed by atoms with Gasteiger partial charge in [0.2, 0.25) is 0 Å². The lowest BCUT2D eigenvalue weighted by Crippen LogP contribution is -2.54. The molecule has 2 fully saturated rings. The van der Waals surface area contributed by atoms with Crippen molar-refractivity contribution < 1.29 is 12.8 Å². The van der Waals surface area contributed by atoms with Crippen molar-refractivity contribution in [3.8, 4) is 0 Å². The number of allylic oxidation sites excluding steroid dienone is 1. The lowest BCUT2D eigenvalue weighted by molar-refractivity contribution is 0.0659. The van der Waals surface area contributed by atoms with Gasteiger partial charge in [0.15, 0.2) is 18.2 Å². The monoisotopic (exact) mass is 406 g/mol. The van der Waals surface area contributed by atoms with Gasteiger partial charge in [-0.25, -0.2) is 8.42 Å². The third-order valence-corrected chi connectivity index (χ3v) is 14.2. The van der Waals surface area contributed by atoms with Crippen LogP contribution in [0.1, 0.15) is 52.9 Å². The van der Waals surface area contributed by atoms with Crippen LogP contribution in [-0.4, -0.2) is 27.6 Å². The second kappa shape index (κ2) is 6.85. The molecule has 0 saturated heterocycles. The van der Waals surface area contributed by atoms with Gasteiger partial charge >= 0.3 is 0 Å². The van der Waals surface area contributed by atoms with E-state index < -0.39 is 22.9 Å². The molecule has 1 aromatic carbocycles. The standard InChI is InChI=1S/C22H34O3SSi/c1-17-15-19-20(25-27(5,6)21(2,3)4)13-10-14-22(19,16-17)26(23,24)18-11-8-7-9-12-18/h7-9,11-12,19-20H,1,10,13-16H2,2-6H3/t19-,20+,22+/m1/s1. The summed E-state index contributed by atoms with van der Waals surface area (Å²) in [4.78, 5) is 0.442. The summed E-state index contributed by atoms with van der Waals surface area (Å²) in [5.41, 5.74) is 1.06. The van der Waals surface area contributed by atoms with Crippen LogP contribution in [0.5, 0.6) is 0 Å². The molecule has 2 aliphatic rings. The largest absolute Gasteiger partial charge is 0.414 e. The molecular formula is C22H34O3SSi. The van der Waals surface area contributed by atoms with Crippen LogP contribution < -0.4 is 0 Å². The smallest absolute Gasteiger partial charge is 0.192 e. The van der Waals surface area contributed by atoms with E-state index in [2.05, 4.69) is 40.4 Å². The van der Waals surface area contributed by atoms with Gasteiger partial charge in [-0.3, -0.25) is 0 Å². The van der Waals surface area contributed by atoms with Crippen LogP contribution in [0.15, 0.2) is 47.4 Å². The number of rotatable bonds is 4. The Bertz CT molecular complexity index is 808. The molecular weight excluding hydrogens is 372 g/mol. The fraction of sp³-hybridized carbons (Fsp3) is 0.636. The highest BCUT2D eigenvalue weighted by Gasteiger charge is 2.59. The number of benzene rings is 1. The van der Waals surface area contributed by atoms with Crippen LogP contribution in [0.2, 0.25) is 18.1 Å². The van der Waals surface area contributed by atoms with Crippen molar-refractivity contribution in [1.82, 2.24) is 0 Å². The first-order valence-electron chi connectivity index (χ1n) is 10.0. The zero-order chi connectivity index (χ0) is 20.1. The van der Waals surface area contributed by atoms with E-state index in [-0.39, 0.29) is 17.1 Å². The molecule has 0 radical (unpaired) electrons. The first-order valence-corrected chi connectivity index (χ1v) is 14.4. The maximum atomic E-state index is 13.8. The quantitative estimate of drug-likeness (QED) is 0.473. The summed E-state index contributed by atoms with van der Waals surface area (Å²) in [6.45, 7) is 15.4. The van der Waals surface area contributed by atoms with Gasteiger partial charge in [0.05, 0.1) is 9.64 Å². The Hall–Kier alpha value is -0.913. The molecule has 3 nitrogen and oxygen atoms in total. The van der Waals surface area contributed by atoms with Crippen molar-refractivity contribution in [3.05, 3.63) is 42.5 Å². The van der Waals surface area contributed by atoms with Crippen molar-refractivity contribution in [2.24, 2.45) is 5.92 Å². The Balaban J connectivity index is 2.01. The normalized spacial score (nSPS) is 29.6. The predicted octanol–water partition coefficient (Wildman–Crippen LogP) is 5.74. The Kier molecular flexibility index (Phi) is 5.28. The summed E-state index contributed by atoms with van der Waals surface area (Å²) < 4.78 is 33.6. The third kappa shape index (κ3) is 3.47. The van der Waals surface area contributed by atoms with Crippen LogP contribution in [-0.2, 0) is 14.3 Å². The summed E-state index contributed by atoms with van der Waals surface area (Å²) >= 11 is 0. The second-order valence-electron chi connectivity index (χ2n) is 9.93. The van der Waals surface area contributed by atoms with Gasteiger partial charge in [-0.05, 0) is 62.4 Å². The molecule has 0 unspecified atom stereocenters. The van der Waals surface area contributed by atoms with Crippen LogP contribution in [0, 0.1) is 5.92 Å². The summed E-state index contributed by atoms with van der Waals surface area (Å²) in [6.07, 6.45) is 3.92. The van der Waals surface area contributed by atoms with Gasteiger partial charge in [-0.15, -0.1) is 0 Å². The molecule has 0 bridgehead atoms. The summed E-state index contributed by atoms with van der Waals surface area (Å²) in [5, 5.41) is 0.112. The Morgan fingerprint density at radius 3 is 2.41 bits per heavy atom. The number of hydrogen-bond acceptors (Lipinski definition) is 3. The van der Waals surface area contributed by atoms with E-state index in [1.54, 1.807) is 12.1 Å². The number of sulfone groups is 1. The molecule has 5 heteroatoms. The van der Waals surface area contributed by atoms with E-state index in [4.69, 9.17) is 4.43 Å². The molecule has 0 amide bonds. The SMILES string of the molecule is C=C1C[C@@H]2[C@@H](O[Si](C)(C)C(C)(C)C)CCC[C@]2(S(=O)(=O)c2ccccc2)C1. The lowest BCUT2D eigenvalue weighted by Gasteiger charge is -2.47. The molecule has 1 aromatic rings. The van der Waals surface area contributed by atoms with E-state index in [1.807, 2.05) is 18.2 Å². The van der Waals surface area contributed by atoms with Gasteiger partial charge < -0.3 is 4.43 Å². The molecule has 2 saturated carbocycles. The zero-order valence-corrected chi connectivity index (χ0v) is 19.2. The summed E-state index contributed by atoms with van der Waals surface area (Å²) in [7, 11) is -5.41. The minimum atomic E-state index is -3.44. The van der Waals surface area contributed by atoms with Crippen molar-refractivity contribution in [2.45, 2.75) is 86.8 Å². The van der Waals surface area contributed by atoms with Gasteiger partial charge in [-0.1, -0.05) is 51.1 Å². The van der Waals surface area contributed by atoms with Gasteiger partial charge in [0.25, 0.3) is 0 Å². The molecule has 2 aliphatic carbocycles. The van der Waals surface area contributed by atoms with E-state index in [0.717, 1.165) is 24.8 Å². The van der Waals surface area contributed by atoms with Gasteiger partial charge in [0.1, 0.15) is 0 Å². The van der Waals surface area contributed by atoms with Crippen molar-refractivity contribution in [1.29, 1.82) is 0 Å². The van der Waals surface area contributed by atoms with Gasteiger partial charge in [0, 0.05) is 12.0 Å². The lowest BCUT2D eigenvalue weighted by atomic mass is 9.79. The predicted molar refractivity (Wildman–Crippen MR) is 114 cm³/mol. The van der Waals surface area contributed by atoms with E-state index in [9.17, 15) is 8.42 Å². The van der Waals surface area contributed by atoms with Crippen LogP contribution in [0.25, 0.3) is 0 Å². The highest BCUT2D eigenvalue weighted by Crippen LogP contribution is 2.55. The molecule has 3 atom stereocenters. The van der Waals surface area contributed by atoms with E-state index >= 15 is 0 Å². The average Bonchev–Trinajstić information content (AvgIpc) is 2.93. The first kappa shape index (κ1) is 20.8. The van der Waals surface area contributed by atoms with Crippen LogP contribution in [0.3, 0.4) is 0 Å². The van der Waals surface area contributed by atoms with E-state index in [0.29, 0.717) is 17.7 Å². The van der Waals surface area contributed by atoms with Crippen molar-refractivity contribution in [2.75, 3.05) is 0 Å². The fourth-order valence-corrected chi connectivity index (χ4v) is 8.45. The molecule has 27 heavy (non-hydrogen) atoms. The highest BCUT2D eigenvalue weighted by atomic mass is 32.2. The fourth-order valence-electron chi connectivity index (χ4n) is 4.63. The number of hydrogen-bond donors (Lipinski definition) is 0. The van der Waals surface area contributed by atoms with Crippen LogP contribution >= 0.6 is 0 Å². The Labute approximate surface area is 166 Å². The number of fused-ring (bicyclic) bond motifs is 1. The molecule has 0 aromatic heterocycles.